The summed E-state index contributed by atoms with van der Waals surface area (Å²) in [5.74, 6) is 1.92. The number of thiophene rings is 1. The Labute approximate surface area is 182 Å². The number of aryl methyl sites for hydroxylation is 1. The van der Waals surface area contributed by atoms with E-state index >= 15 is 0 Å². The number of aliphatic imine (C=N–C) groups is 1. The molecule has 0 saturated carbocycles. The van der Waals surface area contributed by atoms with Gasteiger partial charge < -0.3 is 20.1 Å². The van der Waals surface area contributed by atoms with Gasteiger partial charge in [-0.3, -0.25) is 4.99 Å². The predicted molar refractivity (Wildman–Crippen MR) is 123 cm³/mol. The maximum atomic E-state index is 4.73. The summed E-state index contributed by atoms with van der Waals surface area (Å²) in [6.45, 7) is 8.78. The highest BCUT2D eigenvalue weighted by Crippen LogP contribution is 2.24. The second-order valence-corrected chi connectivity index (χ2v) is 7.34. The van der Waals surface area contributed by atoms with Crippen LogP contribution < -0.4 is 15.5 Å². The molecule has 0 aromatic carbocycles. The van der Waals surface area contributed by atoms with Gasteiger partial charge in [0.05, 0.1) is 11.5 Å². The molecule has 1 saturated heterocycles. The molecule has 2 aromatic heterocycles. The van der Waals surface area contributed by atoms with Crippen molar-refractivity contribution in [2.45, 2.75) is 45.7 Å². The molecule has 0 radical (unpaired) electrons. The minimum atomic E-state index is 0. The fraction of sp³-hybridized carbons (Fsp3) is 0.611. The Balaban J connectivity index is 0.00000261. The molecule has 2 aromatic rings. The maximum Gasteiger partial charge on any atom is 0.191 e. The summed E-state index contributed by atoms with van der Waals surface area (Å²) < 4.78 is 2.08. The quantitative estimate of drug-likeness (QED) is 0.346. The van der Waals surface area contributed by atoms with E-state index in [0.29, 0.717) is 12.6 Å². The summed E-state index contributed by atoms with van der Waals surface area (Å²) in [6, 6.07) is 4.81. The molecular weight excluding hydrogens is 473 g/mol. The molecule has 0 atom stereocenters. The van der Waals surface area contributed by atoms with Crippen LogP contribution in [0.2, 0.25) is 0 Å². The van der Waals surface area contributed by atoms with Crippen molar-refractivity contribution in [2.24, 2.45) is 4.99 Å². The maximum absolute atomic E-state index is 4.73. The molecule has 0 aliphatic carbocycles. The van der Waals surface area contributed by atoms with E-state index in [1.165, 1.54) is 5.00 Å². The first-order valence-corrected chi connectivity index (χ1v) is 10.4. The minimum absolute atomic E-state index is 0. The van der Waals surface area contributed by atoms with Gasteiger partial charge in [-0.05, 0) is 37.3 Å². The Morgan fingerprint density at radius 3 is 2.81 bits per heavy atom. The zero-order chi connectivity index (χ0) is 18.2. The van der Waals surface area contributed by atoms with E-state index in [4.69, 9.17) is 4.99 Å². The highest BCUT2D eigenvalue weighted by Gasteiger charge is 2.20. The molecule has 3 rings (SSSR count). The molecule has 27 heavy (non-hydrogen) atoms. The summed E-state index contributed by atoms with van der Waals surface area (Å²) in [5.41, 5.74) is 0. The van der Waals surface area contributed by atoms with Gasteiger partial charge in [0.2, 0.25) is 0 Å². The number of aromatic nitrogens is 3. The lowest BCUT2D eigenvalue weighted by Crippen LogP contribution is -2.48. The van der Waals surface area contributed by atoms with Gasteiger partial charge in [0.15, 0.2) is 5.96 Å². The Kier molecular flexibility index (Phi) is 9.32. The van der Waals surface area contributed by atoms with Crippen molar-refractivity contribution in [1.29, 1.82) is 0 Å². The van der Waals surface area contributed by atoms with Crippen molar-refractivity contribution in [3.63, 3.8) is 0 Å². The number of guanidine groups is 1. The average Bonchev–Trinajstić information content (AvgIpc) is 3.34. The number of nitrogens with zero attached hydrogens (tertiary/aromatic N) is 5. The molecule has 0 amide bonds. The van der Waals surface area contributed by atoms with Gasteiger partial charge in [-0.1, -0.05) is 6.92 Å². The average molecular weight is 503 g/mol. The molecular formula is C18H30IN7S. The van der Waals surface area contributed by atoms with Crippen molar-refractivity contribution in [3.8, 4) is 0 Å². The number of hydrogen-bond donors (Lipinski definition) is 2. The van der Waals surface area contributed by atoms with Crippen LogP contribution in [0.25, 0.3) is 0 Å². The molecule has 1 aliphatic heterocycles. The minimum Gasteiger partial charge on any atom is -0.363 e. The molecule has 0 spiro atoms. The standard InChI is InChI=1S/C18H29N7S.HI/c1-3-16-23-21-14-25(16)12-9-20-18(19-4-2)22-15-7-10-24(11-8-15)17-6-5-13-26-17;/h5-6,13-15H,3-4,7-12H2,1-2H3,(H2,19,20,22);1H. The molecule has 9 heteroatoms. The zero-order valence-corrected chi connectivity index (χ0v) is 19.2. The first-order valence-electron chi connectivity index (χ1n) is 9.50. The van der Waals surface area contributed by atoms with Crippen LogP contribution in [0.3, 0.4) is 0 Å². The fourth-order valence-corrected chi connectivity index (χ4v) is 4.00. The van der Waals surface area contributed by atoms with Gasteiger partial charge >= 0.3 is 0 Å². The largest absolute Gasteiger partial charge is 0.363 e. The summed E-state index contributed by atoms with van der Waals surface area (Å²) >= 11 is 1.82. The van der Waals surface area contributed by atoms with E-state index in [1.54, 1.807) is 6.33 Å². The van der Waals surface area contributed by atoms with Crippen LogP contribution in [0, 0.1) is 0 Å². The number of piperidine rings is 1. The summed E-state index contributed by atoms with van der Waals surface area (Å²) in [6.07, 6.45) is 4.95. The van der Waals surface area contributed by atoms with E-state index in [9.17, 15) is 0 Å². The third-order valence-corrected chi connectivity index (χ3v) is 5.55. The molecule has 3 heterocycles. The third-order valence-electron chi connectivity index (χ3n) is 4.62. The van der Waals surface area contributed by atoms with E-state index in [1.807, 2.05) is 11.3 Å². The second-order valence-electron chi connectivity index (χ2n) is 6.41. The van der Waals surface area contributed by atoms with Crippen molar-refractivity contribution >= 4 is 46.3 Å². The topological polar surface area (TPSA) is 70.4 Å². The third kappa shape index (κ3) is 6.34. The van der Waals surface area contributed by atoms with Gasteiger partial charge in [-0.2, -0.15) is 0 Å². The first kappa shape index (κ1) is 21.9. The smallest absolute Gasteiger partial charge is 0.191 e. The zero-order valence-electron chi connectivity index (χ0n) is 16.1. The number of halogens is 1. The van der Waals surface area contributed by atoms with Gasteiger partial charge in [-0.15, -0.1) is 45.5 Å². The van der Waals surface area contributed by atoms with E-state index in [2.05, 4.69) is 61.7 Å². The van der Waals surface area contributed by atoms with Crippen LogP contribution in [0.1, 0.15) is 32.5 Å². The molecule has 0 bridgehead atoms. The van der Waals surface area contributed by atoms with E-state index < -0.39 is 0 Å². The SMILES string of the molecule is CCNC(=NCCn1cnnc1CC)NC1CCN(c2cccs2)CC1.I. The van der Waals surface area contributed by atoms with Crippen LogP contribution in [0.15, 0.2) is 28.8 Å². The number of rotatable bonds is 7. The van der Waals surface area contributed by atoms with Gasteiger partial charge in [-0.25, -0.2) is 0 Å². The van der Waals surface area contributed by atoms with Crippen LogP contribution in [0.5, 0.6) is 0 Å². The molecule has 7 nitrogen and oxygen atoms in total. The lowest BCUT2D eigenvalue weighted by molar-refractivity contribution is 0.462. The highest BCUT2D eigenvalue weighted by molar-refractivity contribution is 14.0. The lowest BCUT2D eigenvalue weighted by atomic mass is 10.1. The highest BCUT2D eigenvalue weighted by atomic mass is 127. The van der Waals surface area contributed by atoms with Crippen molar-refractivity contribution in [2.75, 3.05) is 31.1 Å². The number of anilines is 1. The molecule has 150 valence electrons. The summed E-state index contributed by atoms with van der Waals surface area (Å²) in [4.78, 5) is 7.21. The van der Waals surface area contributed by atoms with Gasteiger partial charge in [0.1, 0.15) is 12.2 Å². The normalized spacial score (nSPS) is 15.5. The van der Waals surface area contributed by atoms with E-state index in [-0.39, 0.29) is 24.0 Å². The molecule has 1 fully saturated rings. The van der Waals surface area contributed by atoms with E-state index in [0.717, 1.165) is 57.2 Å². The summed E-state index contributed by atoms with van der Waals surface area (Å²) in [7, 11) is 0. The van der Waals surface area contributed by atoms with Crippen LogP contribution >= 0.6 is 35.3 Å². The lowest BCUT2D eigenvalue weighted by Gasteiger charge is -2.33. The van der Waals surface area contributed by atoms with Crippen LogP contribution in [-0.2, 0) is 13.0 Å². The monoisotopic (exact) mass is 503 g/mol. The van der Waals surface area contributed by atoms with Crippen molar-refractivity contribution in [1.82, 2.24) is 25.4 Å². The molecule has 1 aliphatic rings. The Bertz CT molecular complexity index is 678. The Hall–Kier alpha value is -1.36. The van der Waals surface area contributed by atoms with Crippen molar-refractivity contribution < 1.29 is 0 Å². The Morgan fingerprint density at radius 2 is 2.15 bits per heavy atom. The second kappa shape index (κ2) is 11.5. The number of nitrogens with one attached hydrogen (secondary N) is 2. The molecule has 0 unspecified atom stereocenters. The predicted octanol–water partition coefficient (Wildman–Crippen LogP) is 2.74. The van der Waals surface area contributed by atoms with Crippen molar-refractivity contribution in [3.05, 3.63) is 29.7 Å². The van der Waals surface area contributed by atoms with Gasteiger partial charge in [0.25, 0.3) is 0 Å². The van der Waals surface area contributed by atoms with Crippen LogP contribution in [-0.4, -0.2) is 52.9 Å². The number of hydrogen-bond acceptors (Lipinski definition) is 5. The van der Waals surface area contributed by atoms with Gasteiger partial charge in [0, 0.05) is 38.6 Å². The first-order chi connectivity index (χ1) is 12.8. The van der Waals surface area contributed by atoms with Crippen LogP contribution in [0.4, 0.5) is 5.00 Å². The fourth-order valence-electron chi connectivity index (χ4n) is 3.22. The summed E-state index contributed by atoms with van der Waals surface area (Å²) in [5, 5.41) is 18.6. The molecule has 2 N–H and O–H groups in total. The Morgan fingerprint density at radius 1 is 1.33 bits per heavy atom.